The molecule has 0 spiro atoms. The molecule has 0 saturated carbocycles. The Morgan fingerprint density at radius 2 is 2.36 bits per heavy atom. The van der Waals surface area contributed by atoms with E-state index in [1.165, 1.54) is 17.4 Å². The van der Waals surface area contributed by atoms with Crippen molar-refractivity contribution in [3.63, 3.8) is 0 Å². The SMILES string of the molecule is CCc1nc(-c2cscn2)cc(=O)[nH]1. The summed E-state index contributed by atoms with van der Waals surface area (Å²) in [4.78, 5) is 22.3. The molecule has 4 nitrogen and oxygen atoms in total. The quantitative estimate of drug-likeness (QED) is 0.811. The van der Waals surface area contributed by atoms with Gasteiger partial charge in [-0.15, -0.1) is 11.3 Å². The Balaban J connectivity index is 2.54. The first-order valence-electron chi connectivity index (χ1n) is 4.28. The molecule has 14 heavy (non-hydrogen) atoms. The molecule has 0 bridgehead atoms. The molecule has 5 heteroatoms. The van der Waals surface area contributed by atoms with Crippen molar-refractivity contribution in [3.8, 4) is 11.4 Å². The number of hydrogen-bond donors (Lipinski definition) is 1. The van der Waals surface area contributed by atoms with Crippen molar-refractivity contribution in [2.75, 3.05) is 0 Å². The summed E-state index contributed by atoms with van der Waals surface area (Å²) >= 11 is 1.49. The third-order valence-corrected chi connectivity index (χ3v) is 2.41. The van der Waals surface area contributed by atoms with Crippen LogP contribution in [0.2, 0.25) is 0 Å². The van der Waals surface area contributed by atoms with Gasteiger partial charge in [0.25, 0.3) is 5.56 Å². The molecule has 2 rings (SSSR count). The second-order valence-electron chi connectivity index (χ2n) is 2.80. The molecule has 2 aromatic heterocycles. The Morgan fingerprint density at radius 3 is 3.00 bits per heavy atom. The number of thiazole rings is 1. The molecule has 0 atom stereocenters. The topological polar surface area (TPSA) is 58.6 Å². The van der Waals surface area contributed by atoms with Crippen LogP contribution in [-0.2, 0) is 6.42 Å². The van der Waals surface area contributed by atoms with E-state index in [0.717, 1.165) is 5.69 Å². The zero-order chi connectivity index (χ0) is 9.97. The van der Waals surface area contributed by atoms with Crippen LogP contribution >= 0.6 is 11.3 Å². The molecule has 2 heterocycles. The van der Waals surface area contributed by atoms with Crippen LogP contribution in [0.1, 0.15) is 12.7 Å². The lowest BCUT2D eigenvalue weighted by molar-refractivity contribution is 0.922. The number of aromatic nitrogens is 3. The minimum Gasteiger partial charge on any atom is -0.311 e. The van der Waals surface area contributed by atoms with E-state index in [1.807, 2.05) is 12.3 Å². The van der Waals surface area contributed by atoms with E-state index >= 15 is 0 Å². The molecule has 0 fully saturated rings. The fourth-order valence-electron chi connectivity index (χ4n) is 1.15. The molecule has 0 unspecified atom stereocenters. The lowest BCUT2D eigenvalue weighted by Gasteiger charge is -1.98. The van der Waals surface area contributed by atoms with Crippen molar-refractivity contribution in [1.29, 1.82) is 0 Å². The molecule has 1 N–H and O–H groups in total. The summed E-state index contributed by atoms with van der Waals surface area (Å²) in [6.07, 6.45) is 0.715. The summed E-state index contributed by atoms with van der Waals surface area (Å²) in [7, 11) is 0. The van der Waals surface area contributed by atoms with E-state index in [1.54, 1.807) is 5.51 Å². The number of H-pyrrole nitrogens is 1. The van der Waals surface area contributed by atoms with Gasteiger partial charge in [0.2, 0.25) is 0 Å². The number of aromatic amines is 1. The highest BCUT2D eigenvalue weighted by Gasteiger charge is 2.03. The van der Waals surface area contributed by atoms with Crippen LogP contribution in [0.4, 0.5) is 0 Å². The molecular formula is C9H9N3OS. The summed E-state index contributed by atoms with van der Waals surface area (Å²) < 4.78 is 0. The number of aryl methyl sites for hydroxylation is 1. The van der Waals surface area contributed by atoms with Gasteiger partial charge in [0.15, 0.2) is 0 Å². The molecule has 0 aliphatic heterocycles. The van der Waals surface area contributed by atoms with Crippen molar-refractivity contribution >= 4 is 11.3 Å². The number of nitrogens with zero attached hydrogens (tertiary/aromatic N) is 2. The Labute approximate surface area is 84.7 Å². The van der Waals surface area contributed by atoms with Gasteiger partial charge in [-0.05, 0) is 0 Å². The van der Waals surface area contributed by atoms with Gasteiger partial charge in [0.05, 0.1) is 16.9 Å². The smallest absolute Gasteiger partial charge is 0.251 e. The van der Waals surface area contributed by atoms with Gasteiger partial charge in [0.1, 0.15) is 5.82 Å². The summed E-state index contributed by atoms with van der Waals surface area (Å²) in [6, 6.07) is 1.47. The van der Waals surface area contributed by atoms with Gasteiger partial charge in [0, 0.05) is 17.9 Å². The van der Waals surface area contributed by atoms with E-state index in [2.05, 4.69) is 15.0 Å². The van der Waals surface area contributed by atoms with Crippen LogP contribution in [0, 0.1) is 0 Å². The maximum absolute atomic E-state index is 11.2. The summed E-state index contributed by atoms with van der Waals surface area (Å²) in [5.41, 5.74) is 3.01. The van der Waals surface area contributed by atoms with Crippen LogP contribution in [0.3, 0.4) is 0 Å². The lowest BCUT2D eigenvalue weighted by atomic mass is 10.3. The monoisotopic (exact) mass is 207 g/mol. The predicted molar refractivity (Wildman–Crippen MR) is 55.3 cm³/mol. The second kappa shape index (κ2) is 3.71. The fraction of sp³-hybridized carbons (Fsp3) is 0.222. The van der Waals surface area contributed by atoms with Crippen LogP contribution < -0.4 is 5.56 Å². The minimum absolute atomic E-state index is 0.125. The van der Waals surface area contributed by atoms with Crippen LogP contribution in [0.15, 0.2) is 21.8 Å². The zero-order valence-electron chi connectivity index (χ0n) is 7.65. The molecule has 0 aromatic carbocycles. The first-order valence-corrected chi connectivity index (χ1v) is 5.22. The number of rotatable bonds is 2. The normalized spacial score (nSPS) is 10.4. The van der Waals surface area contributed by atoms with E-state index in [0.29, 0.717) is 17.9 Å². The number of hydrogen-bond acceptors (Lipinski definition) is 4. The van der Waals surface area contributed by atoms with E-state index in [-0.39, 0.29) is 5.56 Å². The predicted octanol–water partition coefficient (Wildman–Crippen LogP) is 1.46. The first kappa shape index (κ1) is 9.08. The fourth-order valence-corrected chi connectivity index (χ4v) is 1.69. The highest BCUT2D eigenvalue weighted by molar-refractivity contribution is 7.07. The maximum atomic E-state index is 11.2. The minimum atomic E-state index is -0.125. The Morgan fingerprint density at radius 1 is 1.50 bits per heavy atom. The average Bonchev–Trinajstić information content (AvgIpc) is 2.69. The van der Waals surface area contributed by atoms with E-state index in [9.17, 15) is 4.79 Å². The van der Waals surface area contributed by atoms with Crippen molar-refractivity contribution < 1.29 is 0 Å². The molecule has 0 saturated heterocycles. The summed E-state index contributed by atoms with van der Waals surface area (Å²) in [5.74, 6) is 0.695. The van der Waals surface area contributed by atoms with E-state index < -0.39 is 0 Å². The van der Waals surface area contributed by atoms with Crippen molar-refractivity contribution in [1.82, 2.24) is 15.0 Å². The molecule has 0 amide bonds. The van der Waals surface area contributed by atoms with Gasteiger partial charge >= 0.3 is 0 Å². The molecule has 0 aliphatic carbocycles. The average molecular weight is 207 g/mol. The Kier molecular flexibility index (Phi) is 2.41. The second-order valence-corrected chi connectivity index (χ2v) is 3.52. The standard InChI is InChI=1S/C9H9N3OS/c1-2-8-11-6(3-9(13)12-8)7-4-14-5-10-7/h3-5H,2H2,1H3,(H,11,12,13). The first-order chi connectivity index (χ1) is 6.79. The van der Waals surface area contributed by atoms with E-state index in [4.69, 9.17) is 0 Å². The Hall–Kier alpha value is -1.49. The van der Waals surface area contributed by atoms with Crippen LogP contribution in [-0.4, -0.2) is 15.0 Å². The highest BCUT2D eigenvalue weighted by atomic mass is 32.1. The Bertz CT molecular complexity index is 475. The van der Waals surface area contributed by atoms with Crippen molar-refractivity contribution in [2.45, 2.75) is 13.3 Å². The van der Waals surface area contributed by atoms with Gasteiger partial charge in [-0.1, -0.05) is 6.92 Å². The summed E-state index contributed by atoms with van der Waals surface area (Å²) in [6.45, 7) is 1.95. The zero-order valence-corrected chi connectivity index (χ0v) is 8.47. The third kappa shape index (κ3) is 1.72. The largest absolute Gasteiger partial charge is 0.311 e. The lowest BCUT2D eigenvalue weighted by Crippen LogP contribution is -2.10. The van der Waals surface area contributed by atoms with Crippen molar-refractivity contribution in [2.24, 2.45) is 0 Å². The molecule has 0 radical (unpaired) electrons. The molecule has 72 valence electrons. The molecule has 2 aromatic rings. The number of nitrogens with one attached hydrogen (secondary N) is 1. The van der Waals surface area contributed by atoms with Crippen LogP contribution in [0.5, 0.6) is 0 Å². The van der Waals surface area contributed by atoms with Gasteiger partial charge < -0.3 is 4.98 Å². The van der Waals surface area contributed by atoms with Gasteiger partial charge in [-0.3, -0.25) is 4.79 Å². The van der Waals surface area contributed by atoms with Crippen LogP contribution in [0.25, 0.3) is 11.4 Å². The third-order valence-electron chi connectivity index (χ3n) is 1.82. The maximum Gasteiger partial charge on any atom is 0.251 e. The molecule has 0 aliphatic rings. The summed E-state index contributed by atoms with van der Waals surface area (Å²) in [5, 5.41) is 1.88. The van der Waals surface area contributed by atoms with Gasteiger partial charge in [-0.2, -0.15) is 0 Å². The van der Waals surface area contributed by atoms with Gasteiger partial charge in [-0.25, -0.2) is 9.97 Å². The highest BCUT2D eigenvalue weighted by Crippen LogP contribution is 2.14. The van der Waals surface area contributed by atoms with Crippen molar-refractivity contribution in [3.05, 3.63) is 33.1 Å². The molecular weight excluding hydrogens is 198 g/mol.